The van der Waals surface area contributed by atoms with E-state index < -0.39 is 17.4 Å². The van der Waals surface area contributed by atoms with Crippen molar-refractivity contribution in [3.05, 3.63) is 29.8 Å². The molecule has 1 rings (SSSR count). The van der Waals surface area contributed by atoms with Crippen LogP contribution in [0, 0.1) is 11.3 Å². The van der Waals surface area contributed by atoms with Crippen LogP contribution in [0.15, 0.2) is 24.3 Å². The minimum absolute atomic E-state index is 0.225. The Morgan fingerprint density at radius 3 is 2.26 bits per heavy atom. The predicted molar refractivity (Wildman–Crippen MR) is 90.3 cm³/mol. The highest BCUT2D eigenvalue weighted by Gasteiger charge is 2.46. The molecule has 0 aliphatic rings. The van der Waals surface area contributed by atoms with Gasteiger partial charge in [-0.05, 0) is 42.9 Å². The Hall–Kier alpha value is -1.84. The van der Waals surface area contributed by atoms with Crippen molar-refractivity contribution in [2.75, 3.05) is 6.61 Å². The number of carbonyl (C=O) groups excluding carboxylic acids is 2. The maximum atomic E-state index is 12.7. The van der Waals surface area contributed by atoms with Gasteiger partial charge in [-0.1, -0.05) is 46.8 Å². The van der Waals surface area contributed by atoms with Crippen LogP contribution in [-0.4, -0.2) is 18.5 Å². The molecule has 128 valence electrons. The van der Waals surface area contributed by atoms with Gasteiger partial charge < -0.3 is 9.47 Å². The summed E-state index contributed by atoms with van der Waals surface area (Å²) in [5, 5.41) is 0. The molecule has 23 heavy (non-hydrogen) atoms. The molecule has 0 radical (unpaired) electrons. The summed E-state index contributed by atoms with van der Waals surface area (Å²) in [5.74, 6) is -0.336. The lowest BCUT2D eigenvalue weighted by Crippen LogP contribution is -2.43. The van der Waals surface area contributed by atoms with Gasteiger partial charge in [0.05, 0.1) is 6.61 Å². The average molecular weight is 320 g/mol. The third kappa shape index (κ3) is 4.81. The fourth-order valence-corrected chi connectivity index (χ4v) is 2.32. The largest absolute Gasteiger partial charge is 0.465 e. The Morgan fingerprint density at radius 2 is 1.74 bits per heavy atom. The average Bonchev–Trinajstić information content (AvgIpc) is 2.54. The van der Waals surface area contributed by atoms with Crippen LogP contribution in [0.2, 0.25) is 0 Å². The quantitative estimate of drug-likeness (QED) is 0.410. The fraction of sp³-hybridized carbons (Fsp3) is 0.579. The van der Waals surface area contributed by atoms with Crippen LogP contribution in [0.3, 0.4) is 0 Å². The van der Waals surface area contributed by atoms with Crippen molar-refractivity contribution < 1.29 is 19.1 Å². The fourth-order valence-electron chi connectivity index (χ4n) is 2.32. The second kappa shape index (κ2) is 8.70. The lowest BCUT2D eigenvalue weighted by molar-refractivity contribution is -0.168. The lowest BCUT2D eigenvalue weighted by atomic mass is 9.82. The Bertz CT molecular complexity index is 530. The van der Waals surface area contributed by atoms with Crippen LogP contribution in [0.5, 0.6) is 5.75 Å². The summed E-state index contributed by atoms with van der Waals surface area (Å²) in [6.45, 7) is 9.88. The number of hydrogen-bond acceptors (Lipinski definition) is 4. The number of aryl methyl sites for hydroxylation is 1. The van der Waals surface area contributed by atoms with Gasteiger partial charge in [0.25, 0.3) is 0 Å². The van der Waals surface area contributed by atoms with Gasteiger partial charge >= 0.3 is 11.9 Å². The number of rotatable bonds is 8. The standard InChI is InChI=1S/C19H28O4/c1-6-15-10-9-11-16(12-15)23-18(21)19(7-2,8-3)17(20)22-13-14(4)5/h9-12,14H,6-8,13H2,1-5H3. The molecule has 0 aromatic heterocycles. The first kappa shape index (κ1) is 19.2. The van der Waals surface area contributed by atoms with Gasteiger partial charge in [-0.15, -0.1) is 0 Å². The molecule has 0 bridgehead atoms. The van der Waals surface area contributed by atoms with E-state index in [1.54, 1.807) is 6.07 Å². The first-order valence-electron chi connectivity index (χ1n) is 8.38. The van der Waals surface area contributed by atoms with E-state index in [0.717, 1.165) is 12.0 Å². The SMILES string of the molecule is CCc1cccc(OC(=O)C(CC)(CC)C(=O)OCC(C)C)c1. The summed E-state index contributed by atoms with van der Waals surface area (Å²) >= 11 is 0. The number of hydrogen-bond donors (Lipinski definition) is 0. The van der Waals surface area contributed by atoms with Crippen LogP contribution in [-0.2, 0) is 20.7 Å². The van der Waals surface area contributed by atoms with E-state index in [2.05, 4.69) is 0 Å². The van der Waals surface area contributed by atoms with Gasteiger partial charge in [0, 0.05) is 0 Å². The Kier molecular flexibility index (Phi) is 7.27. The lowest BCUT2D eigenvalue weighted by Gasteiger charge is -2.27. The molecular formula is C19H28O4. The molecule has 0 aliphatic carbocycles. The molecule has 0 atom stereocenters. The van der Waals surface area contributed by atoms with Crippen LogP contribution >= 0.6 is 0 Å². The van der Waals surface area contributed by atoms with Gasteiger partial charge in [-0.2, -0.15) is 0 Å². The number of esters is 2. The molecule has 0 amide bonds. The molecule has 1 aromatic carbocycles. The van der Waals surface area contributed by atoms with E-state index in [0.29, 0.717) is 25.2 Å². The van der Waals surface area contributed by atoms with Gasteiger partial charge in [-0.25, -0.2) is 0 Å². The molecule has 0 N–H and O–H groups in total. The van der Waals surface area contributed by atoms with E-state index in [9.17, 15) is 9.59 Å². The smallest absolute Gasteiger partial charge is 0.328 e. The van der Waals surface area contributed by atoms with Crippen LogP contribution in [0.4, 0.5) is 0 Å². The molecule has 0 fully saturated rings. The van der Waals surface area contributed by atoms with Crippen LogP contribution in [0.1, 0.15) is 53.0 Å². The zero-order valence-electron chi connectivity index (χ0n) is 14.8. The van der Waals surface area contributed by atoms with E-state index in [4.69, 9.17) is 9.47 Å². The second-order valence-electron chi connectivity index (χ2n) is 6.17. The zero-order chi connectivity index (χ0) is 17.5. The van der Waals surface area contributed by atoms with E-state index in [1.165, 1.54) is 0 Å². The number of benzene rings is 1. The predicted octanol–water partition coefficient (Wildman–Crippen LogP) is 4.16. The summed E-state index contributed by atoms with van der Waals surface area (Å²) in [7, 11) is 0. The summed E-state index contributed by atoms with van der Waals surface area (Å²) < 4.78 is 10.8. The Morgan fingerprint density at radius 1 is 1.09 bits per heavy atom. The molecule has 4 nitrogen and oxygen atoms in total. The third-order valence-electron chi connectivity index (χ3n) is 4.05. The first-order valence-corrected chi connectivity index (χ1v) is 8.38. The molecule has 0 unspecified atom stereocenters. The molecule has 0 spiro atoms. The van der Waals surface area contributed by atoms with E-state index in [-0.39, 0.29) is 5.92 Å². The maximum absolute atomic E-state index is 12.7. The maximum Gasteiger partial charge on any atom is 0.328 e. The highest BCUT2D eigenvalue weighted by atomic mass is 16.6. The van der Waals surface area contributed by atoms with Gasteiger partial charge in [0.2, 0.25) is 0 Å². The second-order valence-corrected chi connectivity index (χ2v) is 6.17. The molecule has 1 aromatic rings. The summed E-state index contributed by atoms with van der Waals surface area (Å²) in [4.78, 5) is 25.1. The van der Waals surface area contributed by atoms with Crippen LogP contribution < -0.4 is 4.74 Å². The van der Waals surface area contributed by atoms with Crippen molar-refractivity contribution in [2.24, 2.45) is 11.3 Å². The van der Waals surface area contributed by atoms with Gasteiger partial charge in [-0.3, -0.25) is 9.59 Å². The summed E-state index contributed by atoms with van der Waals surface area (Å²) in [6, 6.07) is 7.37. The molecule has 0 saturated carbocycles. The third-order valence-corrected chi connectivity index (χ3v) is 4.05. The number of carbonyl (C=O) groups is 2. The Labute approximate surface area is 139 Å². The molecule has 4 heteroatoms. The normalized spacial score (nSPS) is 11.4. The van der Waals surface area contributed by atoms with Gasteiger partial charge in [0.1, 0.15) is 5.75 Å². The summed E-state index contributed by atoms with van der Waals surface area (Å²) in [5.41, 5.74) is -0.159. The zero-order valence-corrected chi connectivity index (χ0v) is 14.8. The van der Waals surface area contributed by atoms with E-state index in [1.807, 2.05) is 52.8 Å². The topological polar surface area (TPSA) is 52.6 Å². The van der Waals surface area contributed by atoms with Crippen molar-refractivity contribution in [3.63, 3.8) is 0 Å². The highest BCUT2D eigenvalue weighted by molar-refractivity contribution is 6.00. The first-order chi connectivity index (χ1) is 10.9. The van der Waals surface area contributed by atoms with Crippen molar-refractivity contribution >= 4 is 11.9 Å². The minimum atomic E-state index is -1.24. The molecule has 0 aliphatic heterocycles. The number of ether oxygens (including phenoxy) is 2. The van der Waals surface area contributed by atoms with Crippen LogP contribution in [0.25, 0.3) is 0 Å². The van der Waals surface area contributed by atoms with Crippen molar-refractivity contribution in [1.29, 1.82) is 0 Å². The van der Waals surface area contributed by atoms with Gasteiger partial charge in [0.15, 0.2) is 5.41 Å². The van der Waals surface area contributed by atoms with E-state index >= 15 is 0 Å². The molecular weight excluding hydrogens is 292 g/mol. The summed E-state index contributed by atoms with van der Waals surface area (Å²) in [6.07, 6.45) is 1.56. The monoisotopic (exact) mass is 320 g/mol. The Balaban J connectivity index is 2.94. The highest BCUT2D eigenvalue weighted by Crippen LogP contribution is 2.31. The van der Waals surface area contributed by atoms with Crippen molar-refractivity contribution in [3.8, 4) is 5.75 Å². The van der Waals surface area contributed by atoms with Crippen molar-refractivity contribution in [1.82, 2.24) is 0 Å². The minimum Gasteiger partial charge on any atom is -0.465 e. The molecule has 0 saturated heterocycles. The van der Waals surface area contributed by atoms with Crippen molar-refractivity contribution in [2.45, 2.75) is 53.9 Å². The molecule has 0 heterocycles.